The van der Waals surface area contributed by atoms with E-state index in [-0.39, 0.29) is 5.91 Å². The van der Waals surface area contributed by atoms with E-state index >= 15 is 0 Å². The number of nitrogens with zero attached hydrogens (tertiary/aromatic N) is 3. The zero-order valence-electron chi connectivity index (χ0n) is 13.7. The molecular weight excluding hydrogens is 393 g/mol. The molecule has 0 bridgehead atoms. The maximum absolute atomic E-state index is 12.4. The summed E-state index contributed by atoms with van der Waals surface area (Å²) in [6.07, 6.45) is 0. The second-order valence-electron chi connectivity index (χ2n) is 5.41. The topological polar surface area (TPSA) is 85.8 Å². The molecule has 26 heavy (non-hydrogen) atoms. The van der Waals surface area contributed by atoms with Crippen molar-refractivity contribution in [2.45, 2.75) is 17.3 Å². The molecule has 3 rings (SSSR count). The highest BCUT2D eigenvalue weighted by Crippen LogP contribution is 2.29. The van der Waals surface area contributed by atoms with Crippen molar-refractivity contribution in [2.75, 3.05) is 11.2 Å². The number of nitrogens with two attached hydrogens (primary N) is 1. The van der Waals surface area contributed by atoms with Crippen LogP contribution in [-0.4, -0.2) is 26.0 Å². The number of nitrogens with one attached hydrogen (secondary N) is 1. The largest absolute Gasteiger partial charge is 0.335 e. The Morgan fingerprint density at radius 3 is 2.54 bits per heavy atom. The fraction of sp³-hybridized carbons (Fsp3) is 0.118. The van der Waals surface area contributed by atoms with Gasteiger partial charge in [-0.25, -0.2) is 4.68 Å². The lowest BCUT2D eigenvalue weighted by Gasteiger charge is -2.11. The van der Waals surface area contributed by atoms with E-state index in [0.717, 1.165) is 0 Å². The first-order valence-electron chi connectivity index (χ1n) is 7.64. The molecular formula is C17H15Cl2N5OS. The minimum absolute atomic E-state index is 0.181. The molecule has 1 amide bonds. The van der Waals surface area contributed by atoms with Crippen LogP contribution in [0.4, 0.5) is 5.69 Å². The van der Waals surface area contributed by atoms with Crippen LogP contribution < -0.4 is 11.2 Å². The molecule has 0 radical (unpaired) electrons. The number of aromatic nitrogens is 3. The van der Waals surface area contributed by atoms with Crippen LogP contribution in [-0.2, 0) is 4.79 Å². The molecule has 3 N–H and O–H groups in total. The van der Waals surface area contributed by atoms with Crippen LogP contribution in [0.1, 0.15) is 6.92 Å². The Morgan fingerprint density at radius 1 is 1.15 bits per heavy atom. The number of anilines is 1. The second kappa shape index (κ2) is 7.99. The molecule has 1 aromatic heterocycles. The van der Waals surface area contributed by atoms with Gasteiger partial charge < -0.3 is 11.2 Å². The summed E-state index contributed by atoms with van der Waals surface area (Å²) in [7, 11) is 0. The van der Waals surface area contributed by atoms with Gasteiger partial charge in [0.05, 0.1) is 10.3 Å². The van der Waals surface area contributed by atoms with Gasteiger partial charge in [-0.2, -0.15) is 0 Å². The highest BCUT2D eigenvalue weighted by atomic mass is 35.5. The van der Waals surface area contributed by atoms with Gasteiger partial charge in [-0.1, -0.05) is 47.1 Å². The molecule has 1 atom stereocenters. The molecule has 0 saturated carbocycles. The van der Waals surface area contributed by atoms with Crippen LogP contribution in [0, 0.1) is 0 Å². The molecule has 1 heterocycles. The van der Waals surface area contributed by atoms with Gasteiger partial charge in [-0.05, 0) is 43.3 Å². The first-order chi connectivity index (χ1) is 12.5. The molecule has 0 aliphatic rings. The van der Waals surface area contributed by atoms with Crippen LogP contribution in [0.25, 0.3) is 11.4 Å². The molecule has 0 aliphatic heterocycles. The summed E-state index contributed by atoms with van der Waals surface area (Å²) in [5.74, 6) is 6.34. The molecule has 0 aliphatic carbocycles. The fourth-order valence-corrected chi connectivity index (χ4v) is 3.29. The van der Waals surface area contributed by atoms with Crippen molar-refractivity contribution in [3.8, 4) is 11.4 Å². The van der Waals surface area contributed by atoms with Crippen molar-refractivity contribution in [3.63, 3.8) is 0 Å². The minimum Gasteiger partial charge on any atom is -0.335 e. The molecule has 9 heteroatoms. The van der Waals surface area contributed by atoms with Gasteiger partial charge in [0.2, 0.25) is 11.1 Å². The zero-order valence-corrected chi connectivity index (χ0v) is 16.0. The monoisotopic (exact) mass is 407 g/mol. The highest BCUT2D eigenvalue weighted by Gasteiger charge is 2.20. The second-order valence-corrected chi connectivity index (χ2v) is 7.56. The number of carbonyl (C=O) groups excluding carboxylic acids is 1. The highest BCUT2D eigenvalue weighted by molar-refractivity contribution is 8.00. The zero-order chi connectivity index (χ0) is 18.7. The Hall–Kier alpha value is -2.22. The van der Waals surface area contributed by atoms with E-state index in [1.807, 2.05) is 12.1 Å². The van der Waals surface area contributed by atoms with Crippen LogP contribution in [0.2, 0.25) is 10.0 Å². The lowest BCUT2D eigenvalue weighted by Crippen LogP contribution is -2.23. The van der Waals surface area contributed by atoms with Crippen molar-refractivity contribution >= 4 is 46.6 Å². The SMILES string of the molecule is C[C@@H](Sc1nnc(-c2ccccc2Cl)n1N)C(=O)Nc1ccc(Cl)cc1. The Morgan fingerprint density at radius 2 is 1.85 bits per heavy atom. The van der Waals surface area contributed by atoms with Crippen molar-refractivity contribution < 1.29 is 4.79 Å². The van der Waals surface area contributed by atoms with Gasteiger partial charge in [0.15, 0.2) is 5.82 Å². The number of halogens is 2. The van der Waals surface area contributed by atoms with E-state index in [1.54, 1.807) is 43.3 Å². The van der Waals surface area contributed by atoms with Gasteiger partial charge in [0, 0.05) is 16.3 Å². The molecule has 2 aromatic carbocycles. The molecule has 0 unspecified atom stereocenters. The van der Waals surface area contributed by atoms with Gasteiger partial charge >= 0.3 is 0 Å². The predicted octanol–water partition coefficient (Wildman–Crippen LogP) is 4.09. The molecule has 3 aromatic rings. The Balaban J connectivity index is 1.71. The Kier molecular flexibility index (Phi) is 5.70. The number of carbonyl (C=O) groups is 1. The molecule has 134 valence electrons. The maximum atomic E-state index is 12.4. The molecule has 0 spiro atoms. The van der Waals surface area contributed by atoms with E-state index in [1.165, 1.54) is 16.4 Å². The average Bonchev–Trinajstić information content (AvgIpc) is 2.98. The molecule has 0 fully saturated rings. The van der Waals surface area contributed by atoms with Crippen LogP contribution in [0.3, 0.4) is 0 Å². The number of hydrogen-bond donors (Lipinski definition) is 2. The molecule has 6 nitrogen and oxygen atoms in total. The van der Waals surface area contributed by atoms with E-state index < -0.39 is 5.25 Å². The maximum Gasteiger partial charge on any atom is 0.237 e. The smallest absolute Gasteiger partial charge is 0.237 e. The van der Waals surface area contributed by atoms with Crippen molar-refractivity contribution in [2.24, 2.45) is 0 Å². The standard InChI is InChI=1S/C17H15Cl2N5OS/c1-10(16(25)21-12-8-6-11(18)7-9-12)26-17-23-22-15(24(17)20)13-4-2-3-5-14(13)19/h2-10H,20H2,1H3,(H,21,25)/t10-/m1/s1. The number of hydrogen-bond acceptors (Lipinski definition) is 5. The normalized spacial score (nSPS) is 12.0. The van der Waals surface area contributed by atoms with E-state index in [0.29, 0.717) is 32.3 Å². The number of benzene rings is 2. The van der Waals surface area contributed by atoms with E-state index in [2.05, 4.69) is 15.5 Å². The third-order valence-corrected chi connectivity index (χ3v) is 5.18. The van der Waals surface area contributed by atoms with Gasteiger partial charge in [-0.3, -0.25) is 4.79 Å². The van der Waals surface area contributed by atoms with Crippen molar-refractivity contribution in [3.05, 3.63) is 58.6 Å². The number of thioether (sulfide) groups is 1. The summed E-state index contributed by atoms with van der Waals surface area (Å²) in [5.41, 5.74) is 1.34. The van der Waals surface area contributed by atoms with Crippen LogP contribution in [0.5, 0.6) is 0 Å². The van der Waals surface area contributed by atoms with E-state index in [4.69, 9.17) is 29.0 Å². The fourth-order valence-electron chi connectivity index (χ4n) is 2.17. The summed E-state index contributed by atoms with van der Waals surface area (Å²) >= 11 is 13.2. The first-order valence-corrected chi connectivity index (χ1v) is 9.27. The van der Waals surface area contributed by atoms with Crippen LogP contribution >= 0.6 is 35.0 Å². The van der Waals surface area contributed by atoms with Gasteiger partial charge in [0.1, 0.15) is 0 Å². The minimum atomic E-state index is -0.434. The summed E-state index contributed by atoms with van der Waals surface area (Å²) in [6, 6.07) is 14.1. The number of rotatable bonds is 5. The van der Waals surface area contributed by atoms with Gasteiger partial charge in [-0.15, -0.1) is 10.2 Å². The van der Waals surface area contributed by atoms with E-state index in [9.17, 15) is 4.79 Å². The third-order valence-electron chi connectivity index (χ3n) is 3.54. The summed E-state index contributed by atoms with van der Waals surface area (Å²) in [4.78, 5) is 12.4. The summed E-state index contributed by atoms with van der Waals surface area (Å²) in [5, 5.41) is 12.1. The Bertz CT molecular complexity index is 929. The van der Waals surface area contributed by atoms with Crippen molar-refractivity contribution in [1.29, 1.82) is 0 Å². The average molecular weight is 408 g/mol. The quantitative estimate of drug-likeness (QED) is 0.491. The first kappa shape index (κ1) is 18.6. The summed E-state index contributed by atoms with van der Waals surface area (Å²) < 4.78 is 1.33. The predicted molar refractivity (Wildman–Crippen MR) is 106 cm³/mol. The lowest BCUT2D eigenvalue weighted by molar-refractivity contribution is -0.115. The van der Waals surface area contributed by atoms with Crippen molar-refractivity contribution in [1.82, 2.24) is 14.9 Å². The number of amides is 1. The Labute approximate surface area is 164 Å². The van der Waals surface area contributed by atoms with Crippen LogP contribution in [0.15, 0.2) is 53.7 Å². The molecule has 0 saturated heterocycles. The lowest BCUT2D eigenvalue weighted by atomic mass is 10.2. The summed E-state index contributed by atoms with van der Waals surface area (Å²) in [6.45, 7) is 1.76. The third kappa shape index (κ3) is 4.12. The van der Waals surface area contributed by atoms with Gasteiger partial charge in [0.25, 0.3) is 0 Å². The number of nitrogen functional groups attached to an aromatic ring is 1.